The van der Waals surface area contributed by atoms with Crippen LogP contribution in [0.3, 0.4) is 0 Å². The second kappa shape index (κ2) is 7.60. The Bertz CT molecular complexity index is 827. The number of nitrogens with one attached hydrogen (secondary N) is 1. The van der Waals surface area contributed by atoms with E-state index in [0.717, 1.165) is 24.2 Å². The molecule has 0 saturated heterocycles. The van der Waals surface area contributed by atoms with E-state index in [9.17, 15) is 9.59 Å². The molecule has 0 heterocycles. The van der Waals surface area contributed by atoms with E-state index >= 15 is 0 Å². The molecule has 1 N–H and O–H groups in total. The molecule has 0 aromatic heterocycles. The molecule has 0 fully saturated rings. The molecule has 0 bridgehead atoms. The van der Waals surface area contributed by atoms with Crippen LogP contribution in [0.15, 0.2) is 36.4 Å². The van der Waals surface area contributed by atoms with Crippen molar-refractivity contribution in [1.29, 1.82) is 0 Å². The van der Waals surface area contributed by atoms with E-state index in [-0.39, 0.29) is 17.6 Å². The first-order valence-electron chi connectivity index (χ1n) is 8.67. The van der Waals surface area contributed by atoms with Crippen LogP contribution in [0.1, 0.15) is 47.2 Å². The normalized spacial score (nSPS) is 15.3. The lowest BCUT2D eigenvalue weighted by Gasteiger charge is -2.15. The van der Waals surface area contributed by atoms with Crippen molar-refractivity contribution in [3.05, 3.63) is 53.1 Å². The number of hydrogen-bond acceptors (Lipinski definition) is 4. The summed E-state index contributed by atoms with van der Waals surface area (Å²) in [5, 5.41) is 2.91. The predicted octanol–water partition coefficient (Wildman–Crippen LogP) is 3.97. The summed E-state index contributed by atoms with van der Waals surface area (Å²) < 4.78 is 10.7. The molecule has 0 radical (unpaired) electrons. The summed E-state index contributed by atoms with van der Waals surface area (Å²) in [5.74, 6) is 1.56. The van der Waals surface area contributed by atoms with Gasteiger partial charge in [-0.3, -0.25) is 9.59 Å². The lowest BCUT2D eigenvalue weighted by Crippen LogP contribution is -2.14. The fraction of sp³-hybridized carbons (Fsp3) is 0.333. The zero-order valence-corrected chi connectivity index (χ0v) is 15.3. The van der Waals surface area contributed by atoms with Gasteiger partial charge in [-0.25, -0.2) is 0 Å². The van der Waals surface area contributed by atoms with Crippen molar-refractivity contribution in [3.8, 4) is 11.5 Å². The number of Topliss-reactive ketones (excluding diaryl/α,β-unsaturated/α-hetero) is 1. The maximum Gasteiger partial charge on any atom is 0.224 e. The van der Waals surface area contributed by atoms with E-state index in [1.807, 2.05) is 12.1 Å². The van der Waals surface area contributed by atoms with Crippen molar-refractivity contribution in [2.75, 3.05) is 19.5 Å². The Morgan fingerprint density at radius 2 is 1.73 bits per heavy atom. The molecule has 3 rings (SSSR count). The largest absolute Gasteiger partial charge is 0.493 e. The van der Waals surface area contributed by atoms with Crippen LogP contribution in [0.2, 0.25) is 0 Å². The molecule has 5 nitrogen and oxygen atoms in total. The van der Waals surface area contributed by atoms with E-state index in [1.54, 1.807) is 38.5 Å². The minimum absolute atomic E-state index is 0.00909. The number of carbonyl (C=O) groups is 2. The van der Waals surface area contributed by atoms with Gasteiger partial charge >= 0.3 is 0 Å². The Labute approximate surface area is 153 Å². The van der Waals surface area contributed by atoms with Crippen LogP contribution >= 0.6 is 0 Å². The highest BCUT2D eigenvalue weighted by Gasteiger charge is 2.27. The summed E-state index contributed by atoms with van der Waals surface area (Å²) in [6.45, 7) is 1.52. The topological polar surface area (TPSA) is 64.6 Å². The number of carbonyl (C=O) groups excluding carboxylic acids is 2. The molecule has 2 aromatic carbocycles. The number of rotatable bonds is 6. The third-order valence-electron chi connectivity index (χ3n) is 4.85. The van der Waals surface area contributed by atoms with Crippen LogP contribution in [0.4, 0.5) is 5.69 Å². The fourth-order valence-electron chi connectivity index (χ4n) is 3.45. The van der Waals surface area contributed by atoms with Crippen molar-refractivity contribution in [2.45, 2.75) is 32.1 Å². The number of amides is 1. The quantitative estimate of drug-likeness (QED) is 0.798. The van der Waals surface area contributed by atoms with Gasteiger partial charge in [-0.1, -0.05) is 0 Å². The Hall–Kier alpha value is -2.82. The third-order valence-corrected chi connectivity index (χ3v) is 4.85. The van der Waals surface area contributed by atoms with Crippen LogP contribution in [-0.2, 0) is 11.2 Å². The number of benzene rings is 2. The van der Waals surface area contributed by atoms with Gasteiger partial charge in [-0.15, -0.1) is 0 Å². The molecule has 1 aliphatic carbocycles. The van der Waals surface area contributed by atoms with Crippen LogP contribution in [0, 0.1) is 0 Å². The molecular weight excluding hydrogens is 330 g/mol. The highest BCUT2D eigenvalue weighted by atomic mass is 16.5. The molecule has 2 aromatic rings. The SMILES string of the molecule is COc1cc2c(cc1OC)C(CC(=O)Nc1ccc(C(C)=O)cc1)CC2. The molecule has 0 saturated carbocycles. The Morgan fingerprint density at radius 1 is 1.08 bits per heavy atom. The van der Waals surface area contributed by atoms with Gasteiger partial charge in [0.1, 0.15) is 0 Å². The van der Waals surface area contributed by atoms with Crippen LogP contribution in [0.25, 0.3) is 0 Å². The first-order chi connectivity index (χ1) is 12.5. The summed E-state index contributed by atoms with van der Waals surface area (Å²) in [6.07, 6.45) is 2.28. The number of ketones is 1. The van der Waals surface area contributed by atoms with Gasteiger partial charge in [0.25, 0.3) is 0 Å². The van der Waals surface area contributed by atoms with Crippen LogP contribution in [0.5, 0.6) is 11.5 Å². The monoisotopic (exact) mass is 353 g/mol. The molecule has 0 aliphatic heterocycles. The number of methoxy groups -OCH3 is 2. The van der Waals surface area contributed by atoms with Crippen molar-refractivity contribution in [1.82, 2.24) is 0 Å². The van der Waals surface area contributed by atoms with Gasteiger partial charge in [0.15, 0.2) is 17.3 Å². The minimum atomic E-state index is -0.0341. The summed E-state index contributed by atoms with van der Waals surface area (Å²) in [5.41, 5.74) is 3.70. The van der Waals surface area contributed by atoms with Crippen LogP contribution < -0.4 is 14.8 Å². The number of aryl methyl sites for hydroxylation is 1. The second-order valence-corrected chi connectivity index (χ2v) is 6.53. The van der Waals surface area contributed by atoms with Gasteiger partial charge in [-0.2, -0.15) is 0 Å². The predicted molar refractivity (Wildman–Crippen MR) is 100 cm³/mol. The number of fused-ring (bicyclic) bond motifs is 1. The van der Waals surface area contributed by atoms with Crippen LogP contribution in [-0.4, -0.2) is 25.9 Å². The van der Waals surface area contributed by atoms with Gasteiger partial charge in [0.2, 0.25) is 5.91 Å². The minimum Gasteiger partial charge on any atom is -0.493 e. The van der Waals surface area contributed by atoms with Crippen molar-refractivity contribution in [3.63, 3.8) is 0 Å². The number of hydrogen-bond donors (Lipinski definition) is 1. The molecular formula is C21H23NO4. The average Bonchev–Trinajstić information content (AvgIpc) is 3.02. The number of anilines is 1. The van der Waals surface area contributed by atoms with Gasteiger partial charge in [0.05, 0.1) is 14.2 Å². The lowest BCUT2D eigenvalue weighted by atomic mass is 9.97. The first-order valence-corrected chi connectivity index (χ1v) is 8.67. The Balaban J connectivity index is 1.69. The maximum atomic E-state index is 12.4. The third kappa shape index (κ3) is 3.72. The highest BCUT2D eigenvalue weighted by molar-refractivity contribution is 5.95. The van der Waals surface area contributed by atoms with Gasteiger partial charge in [0, 0.05) is 17.7 Å². The van der Waals surface area contributed by atoms with Gasteiger partial charge < -0.3 is 14.8 Å². The maximum absolute atomic E-state index is 12.4. The Kier molecular flexibility index (Phi) is 5.26. The molecule has 26 heavy (non-hydrogen) atoms. The van der Waals surface area contributed by atoms with E-state index in [1.165, 1.54) is 12.5 Å². The molecule has 1 aliphatic rings. The summed E-state index contributed by atoms with van der Waals surface area (Å²) in [4.78, 5) is 23.8. The molecule has 136 valence electrons. The lowest BCUT2D eigenvalue weighted by molar-refractivity contribution is -0.116. The van der Waals surface area contributed by atoms with E-state index in [0.29, 0.717) is 23.4 Å². The molecule has 1 amide bonds. The standard InChI is InChI=1S/C21H23NO4/c1-13(23)14-6-8-17(9-7-14)22-21(24)11-16-5-4-15-10-19(25-2)20(26-3)12-18(15)16/h6-10,12,16H,4-5,11H2,1-3H3,(H,22,24). The number of ether oxygens (including phenoxy) is 2. The van der Waals surface area contributed by atoms with Crippen molar-refractivity contribution < 1.29 is 19.1 Å². The van der Waals surface area contributed by atoms with Crippen molar-refractivity contribution in [2.24, 2.45) is 0 Å². The fourth-order valence-corrected chi connectivity index (χ4v) is 3.45. The summed E-state index contributed by atoms with van der Waals surface area (Å²) in [7, 11) is 3.24. The zero-order chi connectivity index (χ0) is 18.7. The molecule has 5 heteroatoms. The van der Waals surface area contributed by atoms with E-state index < -0.39 is 0 Å². The average molecular weight is 353 g/mol. The molecule has 1 unspecified atom stereocenters. The highest BCUT2D eigenvalue weighted by Crippen LogP contribution is 2.41. The summed E-state index contributed by atoms with van der Waals surface area (Å²) in [6, 6.07) is 10.9. The van der Waals surface area contributed by atoms with E-state index in [4.69, 9.17) is 9.47 Å². The first kappa shape index (κ1) is 18.0. The smallest absolute Gasteiger partial charge is 0.224 e. The van der Waals surface area contributed by atoms with Crippen molar-refractivity contribution >= 4 is 17.4 Å². The second-order valence-electron chi connectivity index (χ2n) is 6.53. The molecule has 0 spiro atoms. The zero-order valence-electron chi connectivity index (χ0n) is 15.3. The Morgan fingerprint density at radius 3 is 2.35 bits per heavy atom. The van der Waals surface area contributed by atoms with E-state index in [2.05, 4.69) is 5.32 Å². The molecule has 1 atom stereocenters. The van der Waals surface area contributed by atoms with Gasteiger partial charge in [-0.05, 0) is 73.2 Å². The summed E-state index contributed by atoms with van der Waals surface area (Å²) >= 11 is 0.